The van der Waals surface area contributed by atoms with Crippen molar-refractivity contribution in [1.82, 2.24) is 4.98 Å². The van der Waals surface area contributed by atoms with Crippen molar-refractivity contribution >= 4 is 32.6 Å². The summed E-state index contributed by atoms with van der Waals surface area (Å²) < 4.78 is 32.1. The molecule has 0 saturated carbocycles. The molecule has 170 valence electrons. The Morgan fingerprint density at radius 1 is 1.06 bits per heavy atom. The second-order valence-corrected chi connectivity index (χ2v) is 9.57. The summed E-state index contributed by atoms with van der Waals surface area (Å²) in [4.78, 5) is 14.2. The minimum Gasteiger partial charge on any atom is -0.488 e. The van der Waals surface area contributed by atoms with Gasteiger partial charge in [0.1, 0.15) is 12.4 Å². The van der Waals surface area contributed by atoms with Crippen LogP contribution in [0, 0.1) is 0 Å². The Hall–Kier alpha value is -3.78. The summed E-state index contributed by atoms with van der Waals surface area (Å²) in [5.74, 6) is -0.223. The van der Waals surface area contributed by atoms with Gasteiger partial charge in [0, 0.05) is 29.3 Å². The monoisotopic (exact) mass is 464 g/mol. The van der Waals surface area contributed by atoms with E-state index in [0.717, 1.165) is 33.8 Å². The number of aliphatic carboxylic acids is 1. The third kappa shape index (κ3) is 5.72. The van der Waals surface area contributed by atoms with E-state index in [1.807, 2.05) is 54.7 Å². The number of aryl methyl sites for hydroxylation is 1. The molecule has 0 saturated heterocycles. The van der Waals surface area contributed by atoms with Crippen LogP contribution < -0.4 is 9.46 Å². The van der Waals surface area contributed by atoms with Gasteiger partial charge in [-0.25, -0.2) is 8.42 Å². The predicted octanol–water partition coefficient (Wildman–Crippen LogP) is 4.80. The summed E-state index contributed by atoms with van der Waals surface area (Å²) in [5.41, 5.74) is 4.86. The van der Waals surface area contributed by atoms with Crippen LogP contribution in [0.3, 0.4) is 0 Å². The Bertz CT molecular complexity index is 1410. The van der Waals surface area contributed by atoms with E-state index in [9.17, 15) is 13.2 Å². The SMILES string of the molecule is CS(=O)(=O)Nc1ccccc1COc1ccc(CCC(=O)O)cc1-c1ccc2[nH]ccc2c1. The number of benzene rings is 3. The maximum atomic E-state index is 11.7. The maximum absolute atomic E-state index is 11.7. The van der Waals surface area contributed by atoms with Gasteiger partial charge in [-0.3, -0.25) is 9.52 Å². The highest BCUT2D eigenvalue weighted by atomic mass is 32.2. The Kier molecular flexibility index (Phi) is 6.37. The number of carbonyl (C=O) groups is 1. The molecule has 33 heavy (non-hydrogen) atoms. The number of H-pyrrole nitrogens is 1. The van der Waals surface area contributed by atoms with Crippen LogP contribution in [0.15, 0.2) is 72.9 Å². The number of anilines is 1. The normalized spacial score (nSPS) is 11.4. The Labute approximate surface area is 192 Å². The highest BCUT2D eigenvalue weighted by molar-refractivity contribution is 7.92. The number of para-hydroxylation sites is 1. The van der Waals surface area contributed by atoms with E-state index in [1.54, 1.807) is 18.2 Å². The fourth-order valence-electron chi connectivity index (χ4n) is 3.66. The number of sulfonamides is 1. The molecule has 1 aromatic heterocycles. The first-order valence-corrected chi connectivity index (χ1v) is 12.3. The molecule has 3 N–H and O–H groups in total. The lowest BCUT2D eigenvalue weighted by atomic mass is 9.98. The molecule has 0 aliphatic heterocycles. The number of rotatable bonds is 9. The van der Waals surface area contributed by atoms with Gasteiger partial charge in [0.05, 0.1) is 11.9 Å². The minimum atomic E-state index is -3.42. The smallest absolute Gasteiger partial charge is 0.303 e. The van der Waals surface area contributed by atoms with E-state index >= 15 is 0 Å². The van der Waals surface area contributed by atoms with Crippen molar-refractivity contribution in [3.63, 3.8) is 0 Å². The van der Waals surface area contributed by atoms with E-state index in [-0.39, 0.29) is 13.0 Å². The van der Waals surface area contributed by atoms with Crippen LogP contribution in [0.25, 0.3) is 22.0 Å². The quantitative estimate of drug-likeness (QED) is 0.330. The molecule has 7 nitrogen and oxygen atoms in total. The molecule has 0 fully saturated rings. The predicted molar refractivity (Wildman–Crippen MR) is 129 cm³/mol. The summed E-state index contributed by atoms with van der Waals surface area (Å²) in [6, 6.07) is 20.7. The van der Waals surface area contributed by atoms with Gasteiger partial charge in [-0.1, -0.05) is 30.3 Å². The molecule has 0 aliphatic rings. The first-order valence-electron chi connectivity index (χ1n) is 10.4. The lowest BCUT2D eigenvalue weighted by molar-refractivity contribution is -0.136. The summed E-state index contributed by atoms with van der Waals surface area (Å²) in [6.45, 7) is 0.159. The van der Waals surface area contributed by atoms with Crippen LogP contribution in [-0.2, 0) is 27.8 Å². The first-order chi connectivity index (χ1) is 15.8. The van der Waals surface area contributed by atoms with Gasteiger partial charge in [-0.05, 0) is 59.3 Å². The van der Waals surface area contributed by atoms with Crippen molar-refractivity contribution in [3.05, 3.63) is 84.1 Å². The van der Waals surface area contributed by atoms with Crippen molar-refractivity contribution in [1.29, 1.82) is 0 Å². The standard InChI is InChI=1S/C25H24N2O5S/c1-33(30,31)27-23-5-3-2-4-20(23)16-32-24-10-6-17(7-11-25(28)29)14-21(24)18-8-9-22-19(15-18)12-13-26-22/h2-6,8-10,12-15,26-27H,7,11,16H2,1H3,(H,28,29). The Morgan fingerprint density at radius 2 is 1.88 bits per heavy atom. The zero-order valence-electron chi connectivity index (χ0n) is 18.0. The minimum absolute atomic E-state index is 0.0427. The number of carboxylic acids is 1. The summed E-state index contributed by atoms with van der Waals surface area (Å²) in [5, 5.41) is 10.1. The number of carboxylic acid groups (broad SMARTS) is 1. The fraction of sp³-hybridized carbons (Fsp3) is 0.160. The van der Waals surface area contributed by atoms with E-state index in [2.05, 4.69) is 9.71 Å². The van der Waals surface area contributed by atoms with E-state index < -0.39 is 16.0 Å². The van der Waals surface area contributed by atoms with Gasteiger partial charge in [0.15, 0.2) is 0 Å². The van der Waals surface area contributed by atoms with Crippen molar-refractivity contribution in [2.75, 3.05) is 11.0 Å². The molecule has 1 heterocycles. The molecule has 0 radical (unpaired) electrons. The van der Waals surface area contributed by atoms with Crippen LogP contribution in [-0.4, -0.2) is 30.7 Å². The fourth-order valence-corrected chi connectivity index (χ4v) is 4.26. The van der Waals surface area contributed by atoms with Gasteiger partial charge in [0.2, 0.25) is 10.0 Å². The third-order valence-electron chi connectivity index (χ3n) is 5.23. The average Bonchev–Trinajstić information content (AvgIpc) is 3.24. The molecular formula is C25H24N2O5S. The summed E-state index contributed by atoms with van der Waals surface area (Å²) in [6.07, 6.45) is 3.44. The topological polar surface area (TPSA) is 108 Å². The van der Waals surface area contributed by atoms with Gasteiger partial charge >= 0.3 is 5.97 Å². The van der Waals surface area contributed by atoms with E-state index in [1.165, 1.54) is 0 Å². The number of fused-ring (bicyclic) bond motifs is 1. The molecule has 0 unspecified atom stereocenters. The maximum Gasteiger partial charge on any atom is 0.303 e. The molecule has 0 atom stereocenters. The first kappa shape index (κ1) is 22.4. The van der Waals surface area contributed by atoms with Crippen molar-refractivity contribution < 1.29 is 23.1 Å². The molecule has 3 aromatic carbocycles. The highest BCUT2D eigenvalue weighted by Gasteiger charge is 2.13. The number of hydrogen-bond donors (Lipinski definition) is 3. The van der Waals surface area contributed by atoms with Crippen molar-refractivity contribution in [3.8, 4) is 16.9 Å². The van der Waals surface area contributed by atoms with Crippen molar-refractivity contribution in [2.45, 2.75) is 19.4 Å². The Morgan fingerprint density at radius 3 is 2.67 bits per heavy atom. The molecule has 4 rings (SSSR count). The number of nitrogens with one attached hydrogen (secondary N) is 2. The van der Waals surface area contributed by atoms with Gasteiger partial charge in [0.25, 0.3) is 0 Å². The third-order valence-corrected chi connectivity index (χ3v) is 5.82. The van der Waals surface area contributed by atoms with Gasteiger partial charge in [-0.15, -0.1) is 0 Å². The lowest BCUT2D eigenvalue weighted by Crippen LogP contribution is -2.12. The molecule has 4 aromatic rings. The van der Waals surface area contributed by atoms with Crippen LogP contribution >= 0.6 is 0 Å². The highest BCUT2D eigenvalue weighted by Crippen LogP contribution is 2.34. The molecule has 0 amide bonds. The van der Waals surface area contributed by atoms with E-state index in [4.69, 9.17) is 9.84 Å². The van der Waals surface area contributed by atoms with Crippen molar-refractivity contribution in [2.24, 2.45) is 0 Å². The molecule has 8 heteroatoms. The molecule has 0 bridgehead atoms. The second-order valence-electron chi connectivity index (χ2n) is 7.82. The summed E-state index contributed by atoms with van der Waals surface area (Å²) >= 11 is 0. The molecule has 0 spiro atoms. The van der Waals surface area contributed by atoms with Gasteiger partial charge in [-0.2, -0.15) is 0 Å². The average molecular weight is 465 g/mol. The number of ether oxygens (including phenoxy) is 1. The zero-order valence-corrected chi connectivity index (χ0v) is 18.9. The summed E-state index contributed by atoms with van der Waals surface area (Å²) in [7, 11) is -3.42. The Balaban J connectivity index is 1.67. The van der Waals surface area contributed by atoms with Gasteiger partial charge < -0.3 is 14.8 Å². The van der Waals surface area contributed by atoms with Crippen LogP contribution in [0.5, 0.6) is 5.75 Å². The number of aromatic nitrogens is 1. The largest absolute Gasteiger partial charge is 0.488 e. The van der Waals surface area contributed by atoms with E-state index in [0.29, 0.717) is 23.4 Å². The molecule has 0 aliphatic carbocycles. The number of hydrogen-bond acceptors (Lipinski definition) is 4. The second kappa shape index (κ2) is 9.38. The number of aromatic amines is 1. The molecular weight excluding hydrogens is 440 g/mol. The van der Waals surface area contributed by atoms with Crippen LogP contribution in [0.2, 0.25) is 0 Å². The van der Waals surface area contributed by atoms with Crippen LogP contribution in [0.4, 0.5) is 5.69 Å². The van der Waals surface area contributed by atoms with Crippen LogP contribution in [0.1, 0.15) is 17.5 Å². The zero-order chi connectivity index (χ0) is 23.4. The lowest BCUT2D eigenvalue weighted by Gasteiger charge is -2.16.